The molecule has 0 spiro atoms. The average molecular weight is 325 g/mol. The Labute approximate surface area is 127 Å². The first-order valence-electron chi connectivity index (χ1n) is 7.04. The monoisotopic (exact) mass is 324 g/mol. The molecule has 7 heteroatoms. The van der Waals surface area contributed by atoms with Gasteiger partial charge in [-0.25, -0.2) is 8.42 Å². The lowest BCUT2D eigenvalue weighted by molar-refractivity contribution is -0.124. The van der Waals surface area contributed by atoms with Crippen LogP contribution < -0.4 is 10.6 Å². The predicted octanol–water partition coefficient (Wildman–Crippen LogP) is 0.881. The fraction of sp³-hybridized carbons (Fsp3) is 0.923. The highest BCUT2D eigenvalue weighted by Crippen LogP contribution is 2.48. The summed E-state index contributed by atoms with van der Waals surface area (Å²) in [4.78, 5) is 12.4. The Morgan fingerprint density at radius 1 is 1.20 bits per heavy atom. The van der Waals surface area contributed by atoms with Crippen molar-refractivity contribution < 1.29 is 13.2 Å². The molecule has 1 aliphatic carbocycles. The van der Waals surface area contributed by atoms with E-state index in [0.717, 1.165) is 19.3 Å². The van der Waals surface area contributed by atoms with Crippen LogP contribution in [0.3, 0.4) is 0 Å². The zero-order chi connectivity index (χ0) is 14.1. The molecule has 0 bridgehead atoms. The summed E-state index contributed by atoms with van der Waals surface area (Å²) in [6.45, 7) is 3.90. The Hall–Kier alpha value is -0.330. The summed E-state index contributed by atoms with van der Waals surface area (Å²) in [5.74, 6) is -0.295. The van der Waals surface area contributed by atoms with Crippen LogP contribution >= 0.6 is 12.4 Å². The summed E-state index contributed by atoms with van der Waals surface area (Å²) in [6, 6.07) is 0. The number of hydrogen-bond donors (Lipinski definition) is 2. The van der Waals surface area contributed by atoms with Crippen molar-refractivity contribution in [3.63, 3.8) is 0 Å². The molecular weight excluding hydrogens is 300 g/mol. The van der Waals surface area contributed by atoms with Crippen molar-refractivity contribution in [2.24, 2.45) is 5.41 Å². The van der Waals surface area contributed by atoms with Crippen LogP contribution in [0, 0.1) is 5.41 Å². The molecule has 118 valence electrons. The summed E-state index contributed by atoms with van der Waals surface area (Å²) in [5.41, 5.74) is 0.237. The van der Waals surface area contributed by atoms with Crippen LogP contribution in [0.1, 0.15) is 39.0 Å². The Bertz CT molecular complexity index is 454. The second-order valence-electron chi connectivity index (χ2n) is 6.05. The molecule has 1 saturated heterocycles. The van der Waals surface area contributed by atoms with Crippen molar-refractivity contribution in [1.82, 2.24) is 10.6 Å². The molecular formula is C13H25ClN2O3S. The molecule has 2 fully saturated rings. The first kappa shape index (κ1) is 17.7. The molecule has 2 aliphatic rings. The van der Waals surface area contributed by atoms with E-state index in [1.165, 1.54) is 6.26 Å². The van der Waals surface area contributed by atoms with Crippen molar-refractivity contribution in [3.8, 4) is 0 Å². The lowest BCUT2D eigenvalue weighted by Crippen LogP contribution is -2.57. The van der Waals surface area contributed by atoms with Crippen molar-refractivity contribution in [3.05, 3.63) is 0 Å². The van der Waals surface area contributed by atoms with Gasteiger partial charge in [0.1, 0.15) is 0 Å². The molecule has 0 aromatic rings. The highest BCUT2D eigenvalue weighted by atomic mass is 35.5. The van der Waals surface area contributed by atoms with Gasteiger partial charge in [-0.1, -0.05) is 6.92 Å². The highest BCUT2D eigenvalue weighted by molar-refractivity contribution is 7.92. The maximum absolute atomic E-state index is 12.4. The van der Waals surface area contributed by atoms with Gasteiger partial charge >= 0.3 is 0 Å². The van der Waals surface area contributed by atoms with E-state index >= 15 is 0 Å². The van der Waals surface area contributed by atoms with Crippen molar-refractivity contribution in [2.75, 3.05) is 25.9 Å². The largest absolute Gasteiger partial charge is 0.354 e. The van der Waals surface area contributed by atoms with Gasteiger partial charge in [-0.15, -0.1) is 12.4 Å². The SMILES string of the molecule is CCC1(CNC(=O)C2(S(C)(=O)=O)CCNCC2)CC1.Cl. The Morgan fingerprint density at radius 2 is 1.75 bits per heavy atom. The summed E-state index contributed by atoms with van der Waals surface area (Å²) in [7, 11) is -3.39. The first-order valence-corrected chi connectivity index (χ1v) is 8.93. The predicted molar refractivity (Wildman–Crippen MR) is 81.9 cm³/mol. The number of carbonyl (C=O) groups excluding carboxylic acids is 1. The third-order valence-corrected chi connectivity index (χ3v) is 6.88. The molecule has 0 unspecified atom stereocenters. The van der Waals surface area contributed by atoms with Crippen molar-refractivity contribution in [2.45, 2.75) is 43.8 Å². The van der Waals surface area contributed by atoms with Gasteiger partial charge in [0.15, 0.2) is 14.6 Å². The minimum absolute atomic E-state index is 0. The first-order chi connectivity index (χ1) is 8.85. The number of carbonyl (C=O) groups is 1. The average Bonchev–Trinajstić information content (AvgIpc) is 3.16. The molecule has 5 nitrogen and oxygen atoms in total. The maximum Gasteiger partial charge on any atom is 0.241 e. The zero-order valence-corrected chi connectivity index (χ0v) is 13.8. The molecule has 20 heavy (non-hydrogen) atoms. The summed E-state index contributed by atoms with van der Waals surface area (Å²) in [6.07, 6.45) is 5.24. The van der Waals surface area contributed by atoms with E-state index in [1.807, 2.05) is 0 Å². The molecule has 1 amide bonds. The lowest BCUT2D eigenvalue weighted by atomic mass is 9.95. The molecule has 2 N–H and O–H groups in total. The smallest absolute Gasteiger partial charge is 0.241 e. The normalized spacial score (nSPS) is 23.5. The van der Waals surface area contributed by atoms with Crippen LogP contribution in [-0.2, 0) is 14.6 Å². The van der Waals surface area contributed by atoms with Gasteiger partial charge in [0.05, 0.1) is 0 Å². The van der Waals surface area contributed by atoms with Crippen LogP contribution in [0.5, 0.6) is 0 Å². The molecule has 2 rings (SSSR count). The Balaban J connectivity index is 0.00000200. The number of rotatable bonds is 5. The maximum atomic E-state index is 12.4. The van der Waals surface area contributed by atoms with Crippen LogP contribution in [-0.4, -0.2) is 45.0 Å². The van der Waals surface area contributed by atoms with Gasteiger partial charge in [-0.2, -0.15) is 0 Å². The molecule has 1 saturated carbocycles. The number of amides is 1. The van der Waals surface area contributed by atoms with Gasteiger partial charge in [0.2, 0.25) is 5.91 Å². The second kappa shape index (κ2) is 6.20. The number of hydrogen-bond acceptors (Lipinski definition) is 4. The topological polar surface area (TPSA) is 75.3 Å². The number of nitrogens with one attached hydrogen (secondary N) is 2. The fourth-order valence-electron chi connectivity index (χ4n) is 2.86. The van der Waals surface area contributed by atoms with E-state index in [-0.39, 0.29) is 23.7 Å². The highest BCUT2D eigenvalue weighted by Gasteiger charge is 2.50. The molecule has 1 heterocycles. The summed E-state index contributed by atoms with van der Waals surface area (Å²) < 4.78 is 22.9. The van der Waals surface area contributed by atoms with Gasteiger partial charge in [-0.05, 0) is 50.6 Å². The van der Waals surface area contributed by atoms with Crippen LogP contribution in [0.2, 0.25) is 0 Å². The number of halogens is 1. The summed E-state index contributed by atoms with van der Waals surface area (Å²) >= 11 is 0. The summed E-state index contributed by atoms with van der Waals surface area (Å²) in [5, 5.41) is 6.03. The quantitative estimate of drug-likeness (QED) is 0.787. The van der Waals surface area contributed by atoms with Crippen molar-refractivity contribution in [1.29, 1.82) is 0 Å². The second-order valence-corrected chi connectivity index (χ2v) is 8.38. The third kappa shape index (κ3) is 3.28. The number of sulfone groups is 1. The van der Waals surface area contributed by atoms with Crippen LogP contribution in [0.15, 0.2) is 0 Å². The van der Waals surface area contributed by atoms with Gasteiger partial charge in [0.25, 0.3) is 0 Å². The number of piperidine rings is 1. The molecule has 0 aromatic carbocycles. The fourth-order valence-corrected chi connectivity index (χ4v) is 4.21. The van der Waals surface area contributed by atoms with E-state index in [9.17, 15) is 13.2 Å². The lowest BCUT2D eigenvalue weighted by Gasteiger charge is -2.34. The minimum Gasteiger partial charge on any atom is -0.354 e. The van der Waals surface area contributed by atoms with Crippen LogP contribution in [0.4, 0.5) is 0 Å². The van der Waals surface area contributed by atoms with Gasteiger partial charge in [-0.3, -0.25) is 4.79 Å². The van der Waals surface area contributed by atoms with E-state index in [0.29, 0.717) is 32.5 Å². The van der Waals surface area contributed by atoms with E-state index in [1.54, 1.807) is 0 Å². The molecule has 0 radical (unpaired) electrons. The van der Waals surface area contributed by atoms with Gasteiger partial charge in [0, 0.05) is 12.8 Å². The molecule has 0 atom stereocenters. The minimum atomic E-state index is -3.39. The van der Waals surface area contributed by atoms with Gasteiger partial charge < -0.3 is 10.6 Å². The van der Waals surface area contributed by atoms with E-state index in [2.05, 4.69) is 17.6 Å². The van der Waals surface area contributed by atoms with E-state index < -0.39 is 14.6 Å². The van der Waals surface area contributed by atoms with E-state index in [4.69, 9.17) is 0 Å². The Morgan fingerprint density at radius 3 is 2.15 bits per heavy atom. The Kier molecular flexibility index (Phi) is 5.49. The van der Waals surface area contributed by atoms with Crippen LogP contribution in [0.25, 0.3) is 0 Å². The molecule has 0 aromatic heterocycles. The van der Waals surface area contributed by atoms with Crippen molar-refractivity contribution >= 4 is 28.2 Å². The molecule has 1 aliphatic heterocycles. The standard InChI is InChI=1S/C13H24N2O3S.ClH/c1-3-12(4-5-12)10-15-11(16)13(19(2,17)18)6-8-14-9-7-13;/h14H,3-10H2,1-2H3,(H,15,16);1H. The zero-order valence-electron chi connectivity index (χ0n) is 12.2. The third-order valence-electron chi connectivity index (χ3n) is 4.87.